The first-order valence-electron chi connectivity index (χ1n) is 7.62. The van der Waals surface area contributed by atoms with Gasteiger partial charge in [-0.15, -0.1) is 0 Å². The van der Waals surface area contributed by atoms with E-state index < -0.39 is 4.92 Å². The van der Waals surface area contributed by atoms with Crippen LogP contribution in [0.4, 0.5) is 10.5 Å². The van der Waals surface area contributed by atoms with E-state index in [1.165, 1.54) is 19.2 Å². The molecule has 2 amide bonds. The second-order valence-corrected chi connectivity index (χ2v) is 6.48. The van der Waals surface area contributed by atoms with Crippen LogP contribution in [0.2, 0.25) is 0 Å². The maximum atomic E-state index is 12.0. The van der Waals surface area contributed by atoms with Crippen LogP contribution in [-0.2, 0) is 11.4 Å². The van der Waals surface area contributed by atoms with Gasteiger partial charge in [0.15, 0.2) is 0 Å². The van der Waals surface area contributed by atoms with Gasteiger partial charge in [-0.25, -0.2) is 0 Å². The van der Waals surface area contributed by atoms with Crippen LogP contribution in [-0.4, -0.2) is 28.0 Å². The molecule has 1 fully saturated rings. The van der Waals surface area contributed by atoms with Crippen molar-refractivity contribution in [2.45, 2.75) is 6.61 Å². The van der Waals surface area contributed by atoms with Gasteiger partial charge in [0.1, 0.15) is 12.4 Å². The van der Waals surface area contributed by atoms with E-state index in [-0.39, 0.29) is 23.4 Å². The Balaban J connectivity index is 1.76. The maximum Gasteiger partial charge on any atom is 0.293 e. The van der Waals surface area contributed by atoms with Crippen LogP contribution in [0.5, 0.6) is 5.75 Å². The molecule has 2 aromatic carbocycles. The normalized spacial score (nSPS) is 15.6. The van der Waals surface area contributed by atoms with Gasteiger partial charge in [0, 0.05) is 24.7 Å². The minimum Gasteiger partial charge on any atom is -0.488 e. The summed E-state index contributed by atoms with van der Waals surface area (Å²) in [4.78, 5) is 35.3. The fourth-order valence-corrected chi connectivity index (χ4v) is 3.11. The molecule has 1 aliphatic heterocycles. The molecule has 0 N–H and O–H groups in total. The lowest BCUT2D eigenvalue weighted by Crippen LogP contribution is -2.22. The number of hydrogen-bond donors (Lipinski definition) is 0. The SMILES string of the molecule is CN1C(=O)S/C(=C/c2ccccc2OCc2ccc([N+](=O)[O-])cc2)C1=O. The van der Waals surface area contributed by atoms with Gasteiger partial charge in [0.2, 0.25) is 0 Å². The number of nitro groups is 1. The zero-order valence-corrected chi connectivity index (χ0v) is 14.6. The highest BCUT2D eigenvalue weighted by Crippen LogP contribution is 2.33. The molecule has 7 nitrogen and oxygen atoms in total. The highest BCUT2D eigenvalue weighted by molar-refractivity contribution is 8.18. The molecule has 1 saturated heterocycles. The first-order chi connectivity index (χ1) is 12.5. The molecule has 8 heteroatoms. The highest BCUT2D eigenvalue weighted by atomic mass is 32.2. The number of para-hydroxylation sites is 1. The molecule has 0 bridgehead atoms. The van der Waals surface area contributed by atoms with E-state index in [4.69, 9.17) is 4.74 Å². The topological polar surface area (TPSA) is 89.8 Å². The predicted molar refractivity (Wildman–Crippen MR) is 97.6 cm³/mol. The van der Waals surface area contributed by atoms with E-state index in [2.05, 4.69) is 0 Å². The van der Waals surface area contributed by atoms with Gasteiger partial charge in [0.05, 0.1) is 9.83 Å². The first kappa shape index (κ1) is 17.7. The summed E-state index contributed by atoms with van der Waals surface area (Å²) in [5.41, 5.74) is 1.47. The Morgan fingerprint density at radius 2 is 1.85 bits per heavy atom. The van der Waals surface area contributed by atoms with E-state index >= 15 is 0 Å². The maximum absolute atomic E-state index is 12.0. The Bertz CT molecular complexity index is 908. The second kappa shape index (κ2) is 7.40. The minimum atomic E-state index is -0.458. The van der Waals surface area contributed by atoms with Crippen molar-refractivity contribution >= 4 is 34.7 Å². The lowest BCUT2D eigenvalue weighted by molar-refractivity contribution is -0.384. The number of amides is 2. The van der Waals surface area contributed by atoms with Crippen LogP contribution in [0.15, 0.2) is 53.4 Å². The molecule has 26 heavy (non-hydrogen) atoms. The molecule has 1 heterocycles. The lowest BCUT2D eigenvalue weighted by Gasteiger charge is -2.09. The molecule has 0 atom stereocenters. The Labute approximate surface area is 153 Å². The Morgan fingerprint density at radius 1 is 1.15 bits per heavy atom. The van der Waals surface area contributed by atoms with Gasteiger partial charge in [-0.3, -0.25) is 24.6 Å². The van der Waals surface area contributed by atoms with E-state index in [1.807, 2.05) is 0 Å². The quantitative estimate of drug-likeness (QED) is 0.451. The molecular formula is C18H14N2O5S. The molecule has 0 saturated carbocycles. The number of rotatable bonds is 5. The minimum absolute atomic E-state index is 0.0180. The van der Waals surface area contributed by atoms with Gasteiger partial charge >= 0.3 is 0 Å². The summed E-state index contributed by atoms with van der Waals surface area (Å²) >= 11 is 0.883. The number of non-ortho nitro benzene ring substituents is 1. The average molecular weight is 370 g/mol. The second-order valence-electron chi connectivity index (χ2n) is 5.49. The van der Waals surface area contributed by atoms with Gasteiger partial charge in [-0.1, -0.05) is 18.2 Å². The number of likely N-dealkylation sites (N-methyl/N-ethyl adjacent to an activating group) is 1. The molecule has 0 unspecified atom stereocenters. The third-order valence-corrected chi connectivity index (χ3v) is 4.69. The fraction of sp³-hybridized carbons (Fsp3) is 0.111. The summed E-state index contributed by atoms with van der Waals surface area (Å²) in [5.74, 6) is 0.207. The third-order valence-electron chi connectivity index (χ3n) is 3.73. The van der Waals surface area contributed by atoms with Crippen molar-refractivity contribution in [2.24, 2.45) is 0 Å². The van der Waals surface area contributed by atoms with Crippen LogP contribution in [0.25, 0.3) is 6.08 Å². The Kier molecular flexibility index (Phi) is 5.04. The van der Waals surface area contributed by atoms with Crippen LogP contribution < -0.4 is 4.74 Å². The van der Waals surface area contributed by atoms with E-state index in [1.54, 1.807) is 42.5 Å². The number of hydrogen-bond acceptors (Lipinski definition) is 6. The largest absolute Gasteiger partial charge is 0.488 e. The van der Waals surface area contributed by atoms with Crippen LogP contribution in [0.1, 0.15) is 11.1 Å². The Morgan fingerprint density at radius 3 is 2.46 bits per heavy atom. The van der Waals surface area contributed by atoms with Gasteiger partial charge in [0.25, 0.3) is 16.8 Å². The number of nitro benzene ring substituents is 1. The molecule has 0 aromatic heterocycles. The number of carbonyl (C=O) groups is 2. The molecule has 0 aliphatic carbocycles. The zero-order valence-electron chi connectivity index (χ0n) is 13.7. The van der Waals surface area contributed by atoms with Crippen molar-refractivity contribution in [3.8, 4) is 5.75 Å². The summed E-state index contributed by atoms with van der Waals surface area (Å²) in [5, 5.41) is 10.4. The summed E-state index contributed by atoms with van der Waals surface area (Å²) in [6.07, 6.45) is 1.62. The number of imide groups is 1. The summed E-state index contributed by atoms with van der Waals surface area (Å²) in [7, 11) is 1.44. The van der Waals surface area contributed by atoms with E-state index in [0.29, 0.717) is 16.2 Å². The number of benzene rings is 2. The highest BCUT2D eigenvalue weighted by Gasteiger charge is 2.31. The van der Waals surface area contributed by atoms with Crippen molar-refractivity contribution < 1.29 is 19.2 Å². The number of thioether (sulfide) groups is 1. The zero-order chi connectivity index (χ0) is 18.7. The molecule has 0 spiro atoms. The van der Waals surface area contributed by atoms with Crippen LogP contribution >= 0.6 is 11.8 Å². The van der Waals surface area contributed by atoms with Crippen molar-refractivity contribution in [1.82, 2.24) is 4.90 Å². The molecular weight excluding hydrogens is 356 g/mol. The Hall–Kier alpha value is -3.13. The van der Waals surface area contributed by atoms with E-state index in [0.717, 1.165) is 22.2 Å². The van der Waals surface area contributed by atoms with Gasteiger partial charge in [-0.05, 0) is 41.6 Å². The standard InChI is InChI=1S/C18H14N2O5S/c1-19-17(21)16(26-18(19)22)10-13-4-2-3-5-15(13)25-11-12-6-8-14(9-7-12)20(23)24/h2-10H,11H2,1H3/b16-10+. The lowest BCUT2D eigenvalue weighted by atomic mass is 10.1. The van der Waals surface area contributed by atoms with Gasteiger partial charge < -0.3 is 4.74 Å². The van der Waals surface area contributed by atoms with E-state index in [9.17, 15) is 19.7 Å². The summed E-state index contributed by atoms with van der Waals surface area (Å²) in [6.45, 7) is 0.220. The monoisotopic (exact) mass is 370 g/mol. The molecule has 3 rings (SSSR count). The average Bonchev–Trinajstić information content (AvgIpc) is 2.88. The van der Waals surface area contributed by atoms with Crippen LogP contribution in [0.3, 0.4) is 0 Å². The molecule has 0 radical (unpaired) electrons. The number of carbonyl (C=O) groups excluding carboxylic acids is 2. The van der Waals surface area contributed by atoms with Crippen molar-refractivity contribution in [3.63, 3.8) is 0 Å². The molecule has 132 valence electrons. The number of nitrogens with zero attached hydrogens (tertiary/aromatic N) is 2. The third kappa shape index (κ3) is 3.75. The fourth-order valence-electron chi connectivity index (χ4n) is 2.29. The van der Waals surface area contributed by atoms with Crippen molar-refractivity contribution in [3.05, 3.63) is 74.7 Å². The first-order valence-corrected chi connectivity index (χ1v) is 8.44. The van der Waals surface area contributed by atoms with Gasteiger partial charge in [-0.2, -0.15) is 0 Å². The smallest absolute Gasteiger partial charge is 0.293 e. The summed E-state index contributed by atoms with van der Waals surface area (Å²) < 4.78 is 5.79. The molecule has 1 aliphatic rings. The van der Waals surface area contributed by atoms with Crippen molar-refractivity contribution in [2.75, 3.05) is 7.05 Å². The van der Waals surface area contributed by atoms with Crippen LogP contribution in [0, 0.1) is 10.1 Å². The number of ether oxygens (including phenoxy) is 1. The van der Waals surface area contributed by atoms with Crippen molar-refractivity contribution in [1.29, 1.82) is 0 Å². The molecule has 2 aromatic rings. The predicted octanol–water partition coefficient (Wildman–Crippen LogP) is 3.84. The summed E-state index contributed by atoms with van der Waals surface area (Å²) in [6, 6.07) is 13.2.